The number of nitrogens with zero attached hydrogens (tertiary/aromatic N) is 6. The molecule has 33 heavy (non-hydrogen) atoms. The first-order valence-electron chi connectivity index (χ1n) is 11.9. The number of carbonyl (C=O) groups is 1. The fourth-order valence-electron chi connectivity index (χ4n) is 5.21. The summed E-state index contributed by atoms with van der Waals surface area (Å²) in [7, 11) is 0. The zero-order valence-electron chi connectivity index (χ0n) is 19.2. The van der Waals surface area contributed by atoms with Crippen molar-refractivity contribution in [2.24, 2.45) is 0 Å². The topological polar surface area (TPSA) is 77.2 Å². The lowest BCUT2D eigenvalue weighted by Crippen LogP contribution is -2.47. The molecule has 1 N–H and O–H groups in total. The van der Waals surface area contributed by atoms with Crippen molar-refractivity contribution in [1.29, 1.82) is 0 Å². The molecule has 1 amide bonds. The second-order valence-electron chi connectivity index (χ2n) is 9.27. The van der Waals surface area contributed by atoms with Crippen LogP contribution in [0.1, 0.15) is 41.3 Å². The van der Waals surface area contributed by atoms with Crippen LogP contribution in [-0.4, -0.2) is 79.8 Å². The maximum Gasteiger partial charge on any atom is 0.407 e. The van der Waals surface area contributed by atoms with Gasteiger partial charge in [0.2, 0.25) is 0 Å². The maximum atomic E-state index is 11.2. The number of amides is 1. The van der Waals surface area contributed by atoms with Gasteiger partial charge >= 0.3 is 6.09 Å². The summed E-state index contributed by atoms with van der Waals surface area (Å²) in [6.07, 6.45) is 3.44. The van der Waals surface area contributed by atoms with E-state index < -0.39 is 6.09 Å². The number of likely N-dealkylation sites (tertiary alicyclic amines) is 1. The second-order valence-corrected chi connectivity index (χ2v) is 9.27. The molecule has 2 aliphatic heterocycles. The highest BCUT2D eigenvalue weighted by Crippen LogP contribution is 2.29. The Morgan fingerprint density at radius 3 is 2.58 bits per heavy atom. The number of carboxylic acid groups (broad SMARTS) is 1. The molecular weight excluding hydrogens is 416 g/mol. The Morgan fingerprint density at radius 1 is 1.03 bits per heavy atom. The lowest BCUT2D eigenvalue weighted by molar-refractivity contribution is 0.103. The van der Waals surface area contributed by atoms with E-state index in [1.54, 1.807) is 0 Å². The van der Waals surface area contributed by atoms with Gasteiger partial charge in [-0.1, -0.05) is 30.3 Å². The minimum absolute atomic E-state index is 0.430. The van der Waals surface area contributed by atoms with Crippen LogP contribution in [0.25, 0.3) is 5.65 Å². The minimum Gasteiger partial charge on any atom is -0.465 e. The highest BCUT2D eigenvalue weighted by Gasteiger charge is 2.26. The Bertz CT molecular complexity index is 1110. The molecule has 0 bridgehead atoms. The van der Waals surface area contributed by atoms with Crippen LogP contribution < -0.4 is 0 Å². The molecule has 5 rings (SSSR count). The van der Waals surface area contributed by atoms with Crippen molar-refractivity contribution in [2.75, 3.05) is 39.3 Å². The molecule has 2 saturated heterocycles. The van der Waals surface area contributed by atoms with Crippen LogP contribution in [0.4, 0.5) is 4.79 Å². The fourth-order valence-corrected chi connectivity index (χ4v) is 5.21. The van der Waals surface area contributed by atoms with Crippen molar-refractivity contribution in [3.8, 4) is 0 Å². The number of aryl methyl sites for hydroxylation is 1. The lowest BCUT2D eigenvalue weighted by Gasteiger charge is -2.33. The normalized spacial score (nSPS) is 20.4. The number of piperazine rings is 1. The third-order valence-corrected chi connectivity index (χ3v) is 7.04. The molecule has 4 heterocycles. The number of hydrogen-bond donors (Lipinski definition) is 1. The van der Waals surface area contributed by atoms with Gasteiger partial charge in [-0.3, -0.25) is 9.80 Å². The largest absolute Gasteiger partial charge is 0.465 e. The molecule has 1 aromatic carbocycles. The zero-order chi connectivity index (χ0) is 22.8. The molecule has 8 nitrogen and oxygen atoms in total. The SMILES string of the molecule is Cc1nn2c(C3CCCN(Cc4ccccc4)C3)ccnc2c1CN1CCN(C(=O)O)CC1. The summed E-state index contributed by atoms with van der Waals surface area (Å²) in [5.41, 5.74) is 5.69. The molecule has 2 fully saturated rings. The van der Waals surface area contributed by atoms with Gasteiger partial charge in [0.25, 0.3) is 0 Å². The molecule has 2 aliphatic rings. The molecule has 0 aliphatic carbocycles. The number of benzene rings is 1. The number of rotatable bonds is 5. The highest BCUT2D eigenvalue weighted by atomic mass is 16.4. The zero-order valence-corrected chi connectivity index (χ0v) is 19.2. The highest BCUT2D eigenvalue weighted by molar-refractivity contribution is 5.65. The maximum absolute atomic E-state index is 11.2. The molecule has 0 radical (unpaired) electrons. The molecule has 174 valence electrons. The molecule has 3 aromatic rings. The first kappa shape index (κ1) is 21.9. The standard InChI is InChI=1S/C25H32N6O2/c1-19-22(18-28-12-14-30(15-13-28)25(32)33)24-26-10-9-23(31(24)27-19)21-8-5-11-29(17-21)16-20-6-3-2-4-7-20/h2-4,6-7,9-10,21H,5,8,11-18H2,1H3,(H,32,33). The average molecular weight is 449 g/mol. The van der Waals surface area contributed by atoms with Crippen molar-refractivity contribution in [2.45, 2.75) is 38.8 Å². The minimum atomic E-state index is -0.832. The Morgan fingerprint density at radius 2 is 1.82 bits per heavy atom. The van der Waals surface area contributed by atoms with E-state index in [2.05, 4.69) is 57.6 Å². The molecule has 2 aromatic heterocycles. The van der Waals surface area contributed by atoms with Crippen molar-refractivity contribution >= 4 is 11.7 Å². The van der Waals surface area contributed by atoms with Gasteiger partial charge in [-0.05, 0) is 37.9 Å². The van der Waals surface area contributed by atoms with Crippen LogP contribution in [0.5, 0.6) is 0 Å². The van der Waals surface area contributed by atoms with E-state index in [9.17, 15) is 9.90 Å². The van der Waals surface area contributed by atoms with E-state index in [1.165, 1.54) is 22.6 Å². The van der Waals surface area contributed by atoms with Crippen LogP contribution in [0.2, 0.25) is 0 Å². The third-order valence-electron chi connectivity index (χ3n) is 7.04. The molecule has 0 saturated carbocycles. The van der Waals surface area contributed by atoms with Crippen LogP contribution in [0.3, 0.4) is 0 Å². The second kappa shape index (κ2) is 9.49. The van der Waals surface area contributed by atoms with Crippen molar-refractivity contribution < 1.29 is 9.90 Å². The van der Waals surface area contributed by atoms with Crippen LogP contribution in [-0.2, 0) is 13.1 Å². The van der Waals surface area contributed by atoms with Gasteiger partial charge in [-0.2, -0.15) is 5.10 Å². The summed E-state index contributed by atoms with van der Waals surface area (Å²) in [5, 5.41) is 14.1. The summed E-state index contributed by atoms with van der Waals surface area (Å²) in [4.78, 5) is 22.3. The summed E-state index contributed by atoms with van der Waals surface area (Å²) in [5.74, 6) is 0.430. The summed E-state index contributed by atoms with van der Waals surface area (Å²) in [6.45, 7) is 8.52. The molecule has 0 spiro atoms. The Hall–Kier alpha value is -2.97. The van der Waals surface area contributed by atoms with Crippen molar-refractivity contribution in [3.05, 3.63) is 65.1 Å². The van der Waals surface area contributed by atoms with Gasteiger partial charge in [0.05, 0.1) is 11.4 Å². The molecular formula is C25H32N6O2. The first-order chi connectivity index (χ1) is 16.1. The van der Waals surface area contributed by atoms with Gasteiger partial charge in [0, 0.05) is 63.5 Å². The third kappa shape index (κ3) is 4.72. The van der Waals surface area contributed by atoms with Crippen molar-refractivity contribution in [3.63, 3.8) is 0 Å². The van der Waals surface area contributed by atoms with Gasteiger partial charge in [-0.15, -0.1) is 0 Å². The molecule has 1 atom stereocenters. The van der Waals surface area contributed by atoms with Crippen LogP contribution >= 0.6 is 0 Å². The predicted octanol–water partition coefficient (Wildman–Crippen LogP) is 3.21. The van der Waals surface area contributed by atoms with E-state index in [1.807, 2.05) is 6.20 Å². The quantitative estimate of drug-likeness (QED) is 0.646. The summed E-state index contributed by atoms with van der Waals surface area (Å²) in [6, 6.07) is 12.8. The van der Waals surface area contributed by atoms with Crippen LogP contribution in [0, 0.1) is 6.92 Å². The van der Waals surface area contributed by atoms with E-state index >= 15 is 0 Å². The van der Waals surface area contributed by atoms with Gasteiger partial charge < -0.3 is 10.0 Å². The summed E-state index contributed by atoms with van der Waals surface area (Å²) >= 11 is 0. The Kier molecular flexibility index (Phi) is 6.28. The molecule has 8 heteroatoms. The number of piperidine rings is 1. The van der Waals surface area contributed by atoms with Crippen molar-refractivity contribution in [1.82, 2.24) is 29.3 Å². The Labute approximate surface area is 194 Å². The van der Waals surface area contributed by atoms with E-state index in [4.69, 9.17) is 10.1 Å². The number of aromatic nitrogens is 3. The van der Waals surface area contributed by atoms with Gasteiger partial charge in [0.15, 0.2) is 5.65 Å². The molecule has 1 unspecified atom stereocenters. The smallest absolute Gasteiger partial charge is 0.407 e. The predicted molar refractivity (Wildman–Crippen MR) is 126 cm³/mol. The van der Waals surface area contributed by atoms with Gasteiger partial charge in [-0.25, -0.2) is 14.3 Å². The first-order valence-corrected chi connectivity index (χ1v) is 11.9. The summed E-state index contributed by atoms with van der Waals surface area (Å²) < 4.78 is 2.06. The average Bonchev–Trinajstić information content (AvgIpc) is 3.15. The van der Waals surface area contributed by atoms with Gasteiger partial charge in [0.1, 0.15) is 0 Å². The van der Waals surface area contributed by atoms with E-state index in [0.717, 1.165) is 62.6 Å². The number of hydrogen-bond acceptors (Lipinski definition) is 5. The van der Waals surface area contributed by atoms with E-state index in [0.29, 0.717) is 19.0 Å². The lowest BCUT2D eigenvalue weighted by atomic mass is 9.94. The monoisotopic (exact) mass is 448 g/mol. The van der Waals surface area contributed by atoms with Crippen LogP contribution in [0.15, 0.2) is 42.6 Å². The van der Waals surface area contributed by atoms with E-state index in [-0.39, 0.29) is 0 Å². The Balaban J connectivity index is 1.33. The fraction of sp³-hybridized carbons (Fsp3) is 0.480. The number of fused-ring (bicyclic) bond motifs is 1.